The van der Waals surface area contributed by atoms with Crippen molar-refractivity contribution in [1.82, 2.24) is 10.2 Å². The third-order valence-electron chi connectivity index (χ3n) is 4.82. The fourth-order valence-corrected chi connectivity index (χ4v) is 2.79. The first kappa shape index (κ1) is 22.4. The second-order valence-corrected chi connectivity index (χ2v) is 7.21. The maximum atomic E-state index is 14.2. The zero-order chi connectivity index (χ0) is 21.4. The predicted octanol–water partition coefficient (Wildman–Crippen LogP) is 3.84. The van der Waals surface area contributed by atoms with E-state index in [4.69, 9.17) is 4.74 Å². The molecule has 2 amide bonds. The smallest absolute Gasteiger partial charge is 0.261 e. The topological polar surface area (TPSA) is 58.6 Å². The Hall–Kier alpha value is -2.89. The second kappa shape index (κ2) is 10.6. The van der Waals surface area contributed by atoms with Crippen molar-refractivity contribution in [3.05, 3.63) is 65.5 Å². The molecule has 0 unspecified atom stereocenters. The van der Waals surface area contributed by atoms with E-state index in [0.717, 1.165) is 12.0 Å². The third kappa shape index (κ3) is 6.59. The predicted molar refractivity (Wildman–Crippen MR) is 111 cm³/mol. The molecule has 0 aliphatic rings. The average Bonchev–Trinajstić information content (AvgIpc) is 2.70. The van der Waals surface area contributed by atoms with E-state index in [9.17, 15) is 14.0 Å². The highest BCUT2D eigenvalue weighted by atomic mass is 19.1. The van der Waals surface area contributed by atoms with E-state index in [-0.39, 0.29) is 31.0 Å². The van der Waals surface area contributed by atoms with Gasteiger partial charge in [-0.25, -0.2) is 4.39 Å². The number of nitrogens with zero attached hydrogens (tertiary/aromatic N) is 1. The molecule has 156 valence electrons. The first-order valence-electron chi connectivity index (χ1n) is 9.84. The number of nitrogens with one attached hydrogen (secondary N) is 1. The fraction of sp³-hybridized carbons (Fsp3) is 0.391. The molecule has 0 radical (unpaired) electrons. The third-order valence-corrected chi connectivity index (χ3v) is 4.82. The molecule has 6 heteroatoms. The zero-order valence-electron chi connectivity index (χ0n) is 17.4. The largest absolute Gasteiger partial charge is 0.484 e. The molecule has 0 saturated heterocycles. The van der Waals surface area contributed by atoms with E-state index in [1.54, 1.807) is 31.2 Å². The number of hydrogen-bond acceptors (Lipinski definition) is 3. The molecule has 0 spiro atoms. The number of amides is 2. The maximum Gasteiger partial charge on any atom is 0.261 e. The summed E-state index contributed by atoms with van der Waals surface area (Å²) in [4.78, 5) is 26.9. The van der Waals surface area contributed by atoms with E-state index in [2.05, 4.69) is 5.32 Å². The van der Waals surface area contributed by atoms with Crippen LogP contribution in [0.5, 0.6) is 5.75 Å². The van der Waals surface area contributed by atoms with Gasteiger partial charge in [-0.3, -0.25) is 9.59 Å². The van der Waals surface area contributed by atoms with Gasteiger partial charge in [0.2, 0.25) is 5.91 Å². The number of aryl methyl sites for hydroxylation is 1. The average molecular weight is 400 g/mol. The minimum absolute atomic E-state index is 0.0149. The van der Waals surface area contributed by atoms with Crippen molar-refractivity contribution in [1.29, 1.82) is 0 Å². The summed E-state index contributed by atoms with van der Waals surface area (Å²) in [7, 11) is 0. The van der Waals surface area contributed by atoms with Crippen LogP contribution in [0.2, 0.25) is 0 Å². The van der Waals surface area contributed by atoms with Crippen molar-refractivity contribution >= 4 is 11.8 Å². The molecular formula is C23H29FN2O3. The minimum Gasteiger partial charge on any atom is -0.484 e. The highest BCUT2D eigenvalue weighted by Gasteiger charge is 2.27. The van der Waals surface area contributed by atoms with Crippen LogP contribution in [0.1, 0.15) is 38.3 Å². The van der Waals surface area contributed by atoms with Gasteiger partial charge in [-0.05, 0) is 51.0 Å². The summed E-state index contributed by atoms with van der Waals surface area (Å²) in [5, 5.41) is 2.88. The highest BCUT2D eigenvalue weighted by Crippen LogP contribution is 2.16. The van der Waals surface area contributed by atoms with Gasteiger partial charge in [-0.15, -0.1) is 0 Å². The Morgan fingerprint density at radius 1 is 1.14 bits per heavy atom. The van der Waals surface area contributed by atoms with Gasteiger partial charge >= 0.3 is 0 Å². The molecule has 1 N–H and O–H groups in total. The maximum absolute atomic E-state index is 14.2. The quantitative estimate of drug-likeness (QED) is 0.696. The summed E-state index contributed by atoms with van der Waals surface area (Å²) in [5.41, 5.74) is 1.36. The lowest BCUT2D eigenvalue weighted by molar-refractivity contribution is -0.142. The van der Waals surface area contributed by atoms with E-state index < -0.39 is 11.9 Å². The molecular weight excluding hydrogens is 371 g/mol. The number of halogens is 1. The lowest BCUT2D eigenvalue weighted by Crippen LogP contribution is -2.50. The van der Waals surface area contributed by atoms with Crippen LogP contribution in [0, 0.1) is 12.7 Å². The molecule has 0 bridgehead atoms. The fourth-order valence-electron chi connectivity index (χ4n) is 2.79. The van der Waals surface area contributed by atoms with Gasteiger partial charge in [-0.1, -0.05) is 37.3 Å². The number of ether oxygens (including phenoxy) is 1. The van der Waals surface area contributed by atoms with Crippen LogP contribution in [-0.2, 0) is 16.1 Å². The van der Waals surface area contributed by atoms with Crippen molar-refractivity contribution in [3.8, 4) is 5.75 Å². The van der Waals surface area contributed by atoms with Crippen LogP contribution in [0.3, 0.4) is 0 Å². The molecule has 0 saturated carbocycles. The van der Waals surface area contributed by atoms with Crippen LogP contribution in [0.25, 0.3) is 0 Å². The molecule has 0 fully saturated rings. The van der Waals surface area contributed by atoms with E-state index >= 15 is 0 Å². The first-order valence-corrected chi connectivity index (χ1v) is 9.84. The van der Waals surface area contributed by atoms with E-state index in [0.29, 0.717) is 11.3 Å². The summed E-state index contributed by atoms with van der Waals surface area (Å²) in [6, 6.07) is 12.8. The van der Waals surface area contributed by atoms with Crippen molar-refractivity contribution in [3.63, 3.8) is 0 Å². The van der Waals surface area contributed by atoms with Crippen LogP contribution in [0.4, 0.5) is 4.39 Å². The normalized spacial score (nSPS) is 12.7. The van der Waals surface area contributed by atoms with Crippen molar-refractivity contribution in [2.24, 2.45) is 0 Å². The summed E-state index contributed by atoms with van der Waals surface area (Å²) in [6.45, 7) is 7.18. The lowest BCUT2D eigenvalue weighted by atomic mass is 10.1. The zero-order valence-corrected chi connectivity index (χ0v) is 17.4. The first-order chi connectivity index (χ1) is 13.8. The van der Waals surface area contributed by atoms with Gasteiger partial charge in [0.1, 0.15) is 17.6 Å². The van der Waals surface area contributed by atoms with Crippen molar-refractivity contribution in [2.45, 2.75) is 52.7 Å². The summed E-state index contributed by atoms with van der Waals surface area (Å²) >= 11 is 0. The number of benzene rings is 2. The molecule has 5 nitrogen and oxygen atoms in total. The number of carbonyl (C=O) groups is 2. The Morgan fingerprint density at radius 3 is 2.52 bits per heavy atom. The molecule has 2 atom stereocenters. The number of rotatable bonds is 9. The van der Waals surface area contributed by atoms with Crippen LogP contribution in [-0.4, -0.2) is 35.4 Å². The van der Waals surface area contributed by atoms with E-state index in [1.165, 1.54) is 11.0 Å². The molecule has 2 aromatic carbocycles. The van der Waals surface area contributed by atoms with E-state index in [1.807, 2.05) is 39.0 Å². The molecule has 0 aliphatic heterocycles. The number of hydrogen-bond donors (Lipinski definition) is 1. The second-order valence-electron chi connectivity index (χ2n) is 7.21. The van der Waals surface area contributed by atoms with Gasteiger partial charge in [0.15, 0.2) is 6.61 Å². The number of carbonyl (C=O) groups excluding carboxylic acids is 2. The highest BCUT2D eigenvalue weighted by molar-refractivity contribution is 5.88. The van der Waals surface area contributed by atoms with Crippen molar-refractivity contribution in [2.75, 3.05) is 6.61 Å². The standard InChI is InChI=1S/C23H29FN2O3/c1-5-17(3)25-23(28)18(4)26(14-19-10-6-7-12-21(19)24)22(27)15-29-20-11-8-9-16(2)13-20/h6-13,17-18H,5,14-15H2,1-4H3,(H,25,28)/t17-,18+/m1/s1. The Kier molecular flexibility index (Phi) is 8.19. The van der Waals surface area contributed by atoms with Crippen LogP contribution in [0.15, 0.2) is 48.5 Å². The van der Waals surface area contributed by atoms with Crippen LogP contribution >= 0.6 is 0 Å². The van der Waals surface area contributed by atoms with Crippen LogP contribution < -0.4 is 10.1 Å². The molecule has 2 aromatic rings. The lowest BCUT2D eigenvalue weighted by Gasteiger charge is -2.29. The molecule has 0 aliphatic carbocycles. The Balaban J connectivity index is 2.17. The Labute approximate surface area is 171 Å². The van der Waals surface area contributed by atoms with Gasteiger partial charge in [-0.2, -0.15) is 0 Å². The van der Waals surface area contributed by atoms with Crippen molar-refractivity contribution < 1.29 is 18.7 Å². The minimum atomic E-state index is -0.766. The molecule has 29 heavy (non-hydrogen) atoms. The van der Waals surface area contributed by atoms with Gasteiger partial charge in [0.05, 0.1) is 0 Å². The van der Waals surface area contributed by atoms with Gasteiger partial charge in [0, 0.05) is 18.2 Å². The van der Waals surface area contributed by atoms with Gasteiger partial charge in [0.25, 0.3) is 5.91 Å². The Morgan fingerprint density at radius 2 is 1.86 bits per heavy atom. The monoisotopic (exact) mass is 400 g/mol. The molecule has 0 aromatic heterocycles. The summed E-state index contributed by atoms with van der Waals surface area (Å²) in [5.74, 6) is -0.513. The summed E-state index contributed by atoms with van der Waals surface area (Å²) in [6.07, 6.45) is 0.774. The Bertz CT molecular complexity index is 840. The molecule has 2 rings (SSSR count). The van der Waals surface area contributed by atoms with Gasteiger partial charge < -0.3 is 15.0 Å². The molecule has 0 heterocycles. The summed E-state index contributed by atoms with van der Waals surface area (Å²) < 4.78 is 19.8. The SMILES string of the molecule is CC[C@@H](C)NC(=O)[C@H](C)N(Cc1ccccc1F)C(=O)COc1cccc(C)c1.